The largest absolute Gasteiger partial charge is 0.506 e. The lowest BCUT2D eigenvalue weighted by Gasteiger charge is -2.33. The number of carbonyl (C=O) groups excluding carboxylic acids is 1. The summed E-state index contributed by atoms with van der Waals surface area (Å²) < 4.78 is 5.30. The molecule has 1 aliphatic rings. The van der Waals surface area contributed by atoms with Crippen LogP contribution < -0.4 is 9.64 Å². The number of ether oxygens (including phenoxy) is 1. The van der Waals surface area contributed by atoms with Gasteiger partial charge < -0.3 is 14.7 Å². The summed E-state index contributed by atoms with van der Waals surface area (Å²) in [5, 5.41) is 10.6. The summed E-state index contributed by atoms with van der Waals surface area (Å²) in [5.74, 6) is 0.476. The van der Waals surface area contributed by atoms with E-state index in [0.29, 0.717) is 35.3 Å². The lowest BCUT2D eigenvalue weighted by Crippen LogP contribution is -2.36. The van der Waals surface area contributed by atoms with E-state index in [0.717, 1.165) is 12.0 Å². The summed E-state index contributed by atoms with van der Waals surface area (Å²) in [7, 11) is 0. The molecule has 1 aromatic heterocycles. The van der Waals surface area contributed by atoms with Crippen molar-refractivity contribution in [3.05, 3.63) is 46.6 Å². The molecule has 1 unspecified atom stereocenters. The van der Waals surface area contributed by atoms with Gasteiger partial charge in [-0.3, -0.25) is 4.79 Å². The van der Waals surface area contributed by atoms with Gasteiger partial charge in [-0.05, 0) is 37.0 Å². The van der Waals surface area contributed by atoms with Gasteiger partial charge in [-0.1, -0.05) is 30.7 Å². The minimum atomic E-state index is -0.234. The molecule has 0 radical (unpaired) electrons. The number of fused-ring (bicyclic) bond motifs is 1. The topological polar surface area (TPSA) is 62.7 Å². The van der Waals surface area contributed by atoms with Crippen LogP contribution in [0.3, 0.4) is 0 Å². The number of phenols is 1. The summed E-state index contributed by atoms with van der Waals surface area (Å²) in [6.07, 6.45) is 2.29. The smallest absolute Gasteiger partial charge is 0.260 e. The Labute approximate surface area is 145 Å². The van der Waals surface area contributed by atoms with E-state index >= 15 is 0 Å². The molecule has 0 aliphatic carbocycles. The Balaban J connectivity index is 1.97. The average Bonchev–Trinajstić information content (AvgIpc) is 2.57. The summed E-state index contributed by atoms with van der Waals surface area (Å²) in [4.78, 5) is 18.6. The molecule has 1 atom stereocenters. The normalized spacial score (nSPS) is 16.6. The molecule has 2 aromatic rings. The number of hydrogen-bond acceptors (Lipinski definition) is 4. The van der Waals surface area contributed by atoms with Crippen molar-refractivity contribution >= 4 is 23.2 Å². The van der Waals surface area contributed by atoms with Crippen LogP contribution in [0.15, 0.2) is 30.5 Å². The quantitative estimate of drug-likeness (QED) is 0.912. The third-order valence-corrected chi connectivity index (χ3v) is 4.48. The molecule has 0 bridgehead atoms. The number of amides is 1. The predicted octanol–water partition coefficient (Wildman–Crippen LogP) is 3.99. The highest BCUT2D eigenvalue weighted by Gasteiger charge is 2.30. The van der Waals surface area contributed by atoms with Gasteiger partial charge in [0.1, 0.15) is 10.8 Å². The van der Waals surface area contributed by atoms with Gasteiger partial charge in [0.25, 0.3) is 5.91 Å². The number of rotatable bonds is 3. The number of anilines is 1. The first-order valence-corrected chi connectivity index (χ1v) is 8.32. The molecule has 3 rings (SSSR count). The van der Waals surface area contributed by atoms with E-state index in [4.69, 9.17) is 16.3 Å². The van der Waals surface area contributed by atoms with Gasteiger partial charge >= 0.3 is 0 Å². The fourth-order valence-electron chi connectivity index (χ4n) is 2.97. The average molecular weight is 347 g/mol. The van der Waals surface area contributed by atoms with Gasteiger partial charge in [-0.2, -0.15) is 0 Å². The highest BCUT2D eigenvalue weighted by molar-refractivity contribution is 6.32. The van der Waals surface area contributed by atoms with Crippen molar-refractivity contribution in [3.8, 4) is 11.6 Å². The number of halogens is 1. The molecular weight excluding hydrogens is 328 g/mol. The first kappa shape index (κ1) is 16.6. The van der Waals surface area contributed by atoms with Gasteiger partial charge in [0.05, 0.1) is 17.9 Å². The maximum absolute atomic E-state index is 12.9. The van der Waals surface area contributed by atoms with Crippen LogP contribution in [0.4, 0.5) is 5.69 Å². The zero-order chi connectivity index (χ0) is 17.3. The fraction of sp³-hybridized carbons (Fsp3) is 0.333. The zero-order valence-corrected chi connectivity index (χ0v) is 14.4. The van der Waals surface area contributed by atoms with Crippen LogP contribution in [0.25, 0.3) is 0 Å². The second-order valence-corrected chi connectivity index (χ2v) is 6.21. The van der Waals surface area contributed by atoms with Crippen LogP contribution in [0, 0.1) is 0 Å². The van der Waals surface area contributed by atoms with Crippen molar-refractivity contribution in [1.82, 2.24) is 4.98 Å². The molecule has 126 valence electrons. The van der Waals surface area contributed by atoms with Crippen LogP contribution in [0.2, 0.25) is 5.02 Å². The molecule has 0 fully saturated rings. The van der Waals surface area contributed by atoms with E-state index in [2.05, 4.69) is 11.9 Å². The Morgan fingerprint density at radius 2 is 2.29 bits per heavy atom. The van der Waals surface area contributed by atoms with E-state index in [1.54, 1.807) is 23.1 Å². The van der Waals surface area contributed by atoms with Crippen LogP contribution in [-0.4, -0.2) is 29.1 Å². The molecular formula is C18H19ClN2O3. The zero-order valence-electron chi connectivity index (χ0n) is 13.6. The SMILES string of the molecule is CCOc1ncc(C(=O)N2CCC(C)c3cccc(O)c32)cc1Cl. The van der Waals surface area contributed by atoms with E-state index in [1.165, 1.54) is 6.20 Å². The van der Waals surface area contributed by atoms with Gasteiger partial charge in [0.15, 0.2) is 0 Å². The predicted molar refractivity (Wildman–Crippen MR) is 93.2 cm³/mol. The lowest BCUT2D eigenvalue weighted by molar-refractivity contribution is 0.0983. The monoisotopic (exact) mass is 346 g/mol. The number of nitrogens with zero attached hydrogens (tertiary/aromatic N) is 2. The highest BCUT2D eigenvalue weighted by atomic mass is 35.5. The molecule has 5 nitrogen and oxygen atoms in total. The lowest BCUT2D eigenvalue weighted by atomic mass is 9.90. The second-order valence-electron chi connectivity index (χ2n) is 5.81. The molecule has 0 saturated heterocycles. The Morgan fingerprint density at radius 3 is 3.00 bits per heavy atom. The van der Waals surface area contributed by atoms with Gasteiger partial charge in [-0.25, -0.2) is 4.98 Å². The first-order chi connectivity index (χ1) is 11.5. The molecule has 0 saturated carbocycles. The Hall–Kier alpha value is -2.27. The molecule has 1 aromatic carbocycles. The Bertz CT molecular complexity index is 779. The number of phenolic OH excluding ortho intramolecular Hbond substituents is 1. The second kappa shape index (κ2) is 6.69. The highest BCUT2D eigenvalue weighted by Crippen LogP contribution is 2.41. The molecule has 0 spiro atoms. The van der Waals surface area contributed by atoms with Crippen molar-refractivity contribution < 1.29 is 14.6 Å². The van der Waals surface area contributed by atoms with E-state index in [1.807, 2.05) is 13.0 Å². The maximum Gasteiger partial charge on any atom is 0.260 e. The third kappa shape index (κ3) is 2.91. The van der Waals surface area contributed by atoms with Crippen LogP contribution >= 0.6 is 11.6 Å². The molecule has 24 heavy (non-hydrogen) atoms. The number of hydrogen-bond donors (Lipinski definition) is 1. The molecule has 1 amide bonds. The number of benzene rings is 1. The van der Waals surface area contributed by atoms with Crippen molar-refractivity contribution in [1.29, 1.82) is 0 Å². The van der Waals surface area contributed by atoms with Crippen LogP contribution in [-0.2, 0) is 0 Å². The number of aromatic hydroxyl groups is 1. The maximum atomic E-state index is 12.9. The number of carbonyl (C=O) groups is 1. The van der Waals surface area contributed by atoms with Crippen molar-refractivity contribution in [2.75, 3.05) is 18.1 Å². The Kier molecular flexibility index (Phi) is 4.62. The Morgan fingerprint density at radius 1 is 1.50 bits per heavy atom. The molecule has 2 heterocycles. The minimum Gasteiger partial charge on any atom is -0.506 e. The summed E-state index contributed by atoms with van der Waals surface area (Å²) >= 11 is 6.14. The van der Waals surface area contributed by atoms with Gasteiger partial charge in [0, 0.05) is 12.7 Å². The van der Waals surface area contributed by atoms with E-state index in [9.17, 15) is 9.90 Å². The van der Waals surface area contributed by atoms with Gasteiger partial charge in [0.2, 0.25) is 5.88 Å². The van der Waals surface area contributed by atoms with Crippen molar-refractivity contribution in [3.63, 3.8) is 0 Å². The molecule has 6 heteroatoms. The van der Waals surface area contributed by atoms with Gasteiger partial charge in [-0.15, -0.1) is 0 Å². The first-order valence-electron chi connectivity index (χ1n) is 7.95. The van der Waals surface area contributed by atoms with Crippen LogP contribution in [0.1, 0.15) is 42.1 Å². The number of para-hydroxylation sites is 1. The summed E-state index contributed by atoms with van der Waals surface area (Å²) in [6, 6.07) is 6.90. The third-order valence-electron chi connectivity index (χ3n) is 4.21. The van der Waals surface area contributed by atoms with E-state index in [-0.39, 0.29) is 17.6 Å². The number of aromatic nitrogens is 1. The molecule has 1 aliphatic heterocycles. The summed E-state index contributed by atoms with van der Waals surface area (Å²) in [5.41, 5.74) is 1.91. The van der Waals surface area contributed by atoms with Crippen molar-refractivity contribution in [2.24, 2.45) is 0 Å². The minimum absolute atomic E-state index is 0.109. The van der Waals surface area contributed by atoms with Crippen molar-refractivity contribution in [2.45, 2.75) is 26.2 Å². The summed E-state index contributed by atoms with van der Waals surface area (Å²) in [6.45, 7) is 4.92. The molecule has 1 N–H and O–H groups in total. The fourth-order valence-corrected chi connectivity index (χ4v) is 3.20. The standard InChI is InChI=1S/C18H19ClN2O3/c1-3-24-17-14(19)9-12(10-20-17)18(23)21-8-7-11(2)13-5-4-6-15(22)16(13)21/h4-6,9-11,22H,3,7-8H2,1-2H3. The van der Waals surface area contributed by atoms with Crippen LogP contribution in [0.5, 0.6) is 11.6 Å². The van der Waals surface area contributed by atoms with E-state index < -0.39 is 0 Å². The number of pyridine rings is 1.